The first-order chi connectivity index (χ1) is 9.29. The number of aliphatic hydroxyl groups is 1. The maximum atomic E-state index is 9.33. The first kappa shape index (κ1) is 12.5. The van der Waals surface area contributed by atoms with E-state index in [4.69, 9.17) is 16.3 Å². The van der Waals surface area contributed by atoms with Crippen molar-refractivity contribution in [1.29, 1.82) is 0 Å². The number of aromatic nitrogens is 2. The van der Waals surface area contributed by atoms with Gasteiger partial charge in [-0.05, 0) is 25.0 Å². The molecule has 0 aliphatic heterocycles. The summed E-state index contributed by atoms with van der Waals surface area (Å²) in [6.07, 6.45) is 6.09. The van der Waals surface area contributed by atoms with Gasteiger partial charge in [0.2, 0.25) is 0 Å². The van der Waals surface area contributed by atoms with Crippen molar-refractivity contribution in [3.63, 3.8) is 0 Å². The van der Waals surface area contributed by atoms with Crippen LogP contribution in [0.5, 0.6) is 5.75 Å². The Morgan fingerprint density at radius 1 is 1.42 bits per heavy atom. The Labute approximate surface area is 116 Å². The second kappa shape index (κ2) is 5.23. The lowest BCUT2D eigenvalue weighted by atomic mass is 10.2. The summed E-state index contributed by atoms with van der Waals surface area (Å²) in [6.45, 7) is 0.306. The lowest BCUT2D eigenvalue weighted by Crippen LogP contribution is -2.05. The molecule has 1 fully saturated rings. The Kier molecular flexibility index (Phi) is 3.44. The number of benzene rings is 1. The van der Waals surface area contributed by atoms with Crippen molar-refractivity contribution in [2.75, 3.05) is 0 Å². The molecule has 3 rings (SSSR count). The van der Waals surface area contributed by atoms with E-state index >= 15 is 0 Å². The van der Waals surface area contributed by atoms with E-state index in [9.17, 15) is 5.11 Å². The third kappa shape index (κ3) is 2.60. The van der Waals surface area contributed by atoms with E-state index in [1.165, 1.54) is 12.8 Å². The van der Waals surface area contributed by atoms with Gasteiger partial charge in [-0.25, -0.2) is 4.98 Å². The molecule has 5 heteroatoms. The van der Waals surface area contributed by atoms with Crippen molar-refractivity contribution in [1.82, 2.24) is 9.55 Å². The van der Waals surface area contributed by atoms with E-state index in [1.54, 1.807) is 6.07 Å². The highest BCUT2D eigenvalue weighted by atomic mass is 35.5. The monoisotopic (exact) mass is 278 g/mol. The van der Waals surface area contributed by atoms with Crippen LogP contribution in [0.25, 0.3) is 0 Å². The van der Waals surface area contributed by atoms with Gasteiger partial charge < -0.3 is 14.4 Å². The average molecular weight is 279 g/mol. The molecular weight excluding hydrogens is 264 g/mol. The fraction of sp³-hybridized carbons (Fsp3) is 0.357. The summed E-state index contributed by atoms with van der Waals surface area (Å²) in [5.41, 5.74) is 1.67. The summed E-state index contributed by atoms with van der Waals surface area (Å²) < 4.78 is 7.92. The number of rotatable bonds is 5. The summed E-state index contributed by atoms with van der Waals surface area (Å²) in [5.74, 6) is 0.624. The lowest BCUT2D eigenvalue weighted by molar-refractivity contribution is 0.255. The molecule has 0 unspecified atom stereocenters. The van der Waals surface area contributed by atoms with E-state index in [0.29, 0.717) is 29.0 Å². The molecule has 100 valence electrons. The smallest absolute Gasteiger partial charge is 0.130 e. The molecule has 1 heterocycles. The molecule has 4 nitrogen and oxygen atoms in total. The average Bonchev–Trinajstić information content (AvgIpc) is 3.15. The number of nitrogens with zero attached hydrogens (tertiary/aromatic N) is 2. The number of imidazole rings is 1. The van der Waals surface area contributed by atoms with E-state index in [2.05, 4.69) is 9.55 Å². The van der Waals surface area contributed by atoms with Crippen LogP contribution >= 0.6 is 11.6 Å². The van der Waals surface area contributed by atoms with E-state index in [-0.39, 0.29) is 6.61 Å². The van der Waals surface area contributed by atoms with Crippen LogP contribution in [0.15, 0.2) is 30.7 Å². The van der Waals surface area contributed by atoms with Crippen molar-refractivity contribution < 1.29 is 9.84 Å². The largest absolute Gasteiger partial charge is 0.487 e. The van der Waals surface area contributed by atoms with Gasteiger partial charge in [-0.2, -0.15) is 0 Å². The number of hydrogen-bond donors (Lipinski definition) is 1. The van der Waals surface area contributed by atoms with Gasteiger partial charge in [-0.15, -0.1) is 0 Å². The van der Waals surface area contributed by atoms with Crippen LogP contribution in [0.3, 0.4) is 0 Å². The standard InChI is InChI=1S/C14H15ClN2O2/c15-13-2-1-3-14(12(13)7-18)19-8-11-6-16-9-17(11)10-4-5-10/h1-3,6,9-10,18H,4-5,7-8H2. The van der Waals surface area contributed by atoms with E-state index in [1.807, 2.05) is 24.7 Å². The molecule has 1 aromatic carbocycles. The zero-order valence-electron chi connectivity index (χ0n) is 10.4. The number of halogens is 1. The highest BCUT2D eigenvalue weighted by Crippen LogP contribution is 2.36. The van der Waals surface area contributed by atoms with Crippen LogP contribution in [0, 0.1) is 0 Å². The molecule has 0 bridgehead atoms. The van der Waals surface area contributed by atoms with Crippen molar-refractivity contribution >= 4 is 11.6 Å². The predicted octanol–water partition coefficient (Wildman–Crippen LogP) is 2.94. The van der Waals surface area contributed by atoms with Crippen molar-refractivity contribution in [3.05, 3.63) is 47.0 Å². The maximum Gasteiger partial charge on any atom is 0.130 e. The lowest BCUT2D eigenvalue weighted by Gasteiger charge is -2.12. The molecule has 0 radical (unpaired) electrons. The summed E-state index contributed by atoms with van der Waals surface area (Å²) in [4.78, 5) is 4.16. The Hall–Kier alpha value is -1.52. The number of aliphatic hydroxyl groups excluding tert-OH is 1. The van der Waals surface area contributed by atoms with E-state index in [0.717, 1.165) is 5.69 Å². The van der Waals surface area contributed by atoms with E-state index < -0.39 is 0 Å². The van der Waals surface area contributed by atoms with Crippen molar-refractivity contribution in [3.8, 4) is 5.75 Å². The quantitative estimate of drug-likeness (QED) is 0.915. The summed E-state index contributed by atoms with van der Waals surface area (Å²) in [5, 5.41) is 9.85. The summed E-state index contributed by atoms with van der Waals surface area (Å²) in [6, 6.07) is 5.95. The molecule has 0 atom stereocenters. The molecule has 1 aromatic heterocycles. The van der Waals surface area contributed by atoms with Crippen LogP contribution in [0.2, 0.25) is 5.02 Å². The first-order valence-electron chi connectivity index (χ1n) is 6.31. The number of ether oxygens (including phenoxy) is 1. The topological polar surface area (TPSA) is 47.3 Å². The second-order valence-corrected chi connectivity index (χ2v) is 5.09. The van der Waals surface area contributed by atoms with Gasteiger partial charge in [-0.1, -0.05) is 17.7 Å². The number of hydrogen-bond acceptors (Lipinski definition) is 3. The van der Waals surface area contributed by atoms with Crippen LogP contribution in [0.1, 0.15) is 30.1 Å². The van der Waals surface area contributed by atoms with Crippen LogP contribution < -0.4 is 4.74 Å². The van der Waals surface area contributed by atoms with Crippen LogP contribution in [-0.2, 0) is 13.2 Å². The zero-order chi connectivity index (χ0) is 13.2. The Balaban J connectivity index is 1.75. The fourth-order valence-electron chi connectivity index (χ4n) is 2.10. The zero-order valence-corrected chi connectivity index (χ0v) is 11.2. The van der Waals surface area contributed by atoms with Crippen LogP contribution in [0.4, 0.5) is 0 Å². The highest BCUT2D eigenvalue weighted by molar-refractivity contribution is 6.31. The van der Waals surface area contributed by atoms with Crippen molar-refractivity contribution in [2.45, 2.75) is 32.1 Å². The van der Waals surface area contributed by atoms with Crippen LogP contribution in [-0.4, -0.2) is 14.7 Å². The molecule has 0 spiro atoms. The molecule has 0 saturated heterocycles. The van der Waals surface area contributed by atoms with Gasteiger partial charge in [0.15, 0.2) is 0 Å². The van der Waals surface area contributed by atoms with Gasteiger partial charge in [-0.3, -0.25) is 0 Å². The Bertz CT molecular complexity index is 579. The minimum Gasteiger partial charge on any atom is -0.487 e. The minimum atomic E-state index is -0.128. The first-order valence-corrected chi connectivity index (χ1v) is 6.69. The molecule has 1 N–H and O–H groups in total. The van der Waals surface area contributed by atoms with Gasteiger partial charge in [0.25, 0.3) is 0 Å². The molecule has 1 saturated carbocycles. The molecule has 2 aromatic rings. The third-order valence-electron chi connectivity index (χ3n) is 3.30. The van der Waals surface area contributed by atoms with Gasteiger partial charge >= 0.3 is 0 Å². The maximum absolute atomic E-state index is 9.33. The van der Waals surface area contributed by atoms with Gasteiger partial charge in [0, 0.05) is 16.6 Å². The molecule has 1 aliphatic rings. The van der Waals surface area contributed by atoms with Crippen molar-refractivity contribution in [2.24, 2.45) is 0 Å². The Morgan fingerprint density at radius 3 is 3.00 bits per heavy atom. The SMILES string of the molecule is OCc1c(Cl)cccc1OCc1cncn1C1CC1. The van der Waals surface area contributed by atoms with Gasteiger partial charge in [0.1, 0.15) is 12.4 Å². The fourth-order valence-corrected chi connectivity index (χ4v) is 2.33. The summed E-state index contributed by atoms with van der Waals surface area (Å²) >= 11 is 6.02. The Morgan fingerprint density at radius 2 is 2.26 bits per heavy atom. The third-order valence-corrected chi connectivity index (χ3v) is 3.65. The predicted molar refractivity (Wildman–Crippen MR) is 72.2 cm³/mol. The minimum absolute atomic E-state index is 0.128. The molecule has 1 aliphatic carbocycles. The summed E-state index contributed by atoms with van der Waals surface area (Å²) in [7, 11) is 0. The normalized spacial score (nSPS) is 14.6. The molecule has 19 heavy (non-hydrogen) atoms. The second-order valence-electron chi connectivity index (χ2n) is 4.69. The molecule has 0 amide bonds. The van der Waals surface area contributed by atoms with Gasteiger partial charge in [0.05, 0.1) is 24.8 Å². The molecular formula is C14H15ClN2O2. The highest BCUT2D eigenvalue weighted by Gasteiger charge is 2.25.